The van der Waals surface area contributed by atoms with Crippen molar-refractivity contribution in [1.82, 2.24) is 9.88 Å². The molecule has 6 nitrogen and oxygen atoms in total. The smallest absolute Gasteiger partial charge is 0.421 e. The van der Waals surface area contributed by atoms with Crippen LogP contribution in [0.15, 0.2) is 36.5 Å². The van der Waals surface area contributed by atoms with Crippen LogP contribution in [0.2, 0.25) is 0 Å². The van der Waals surface area contributed by atoms with Crippen LogP contribution in [-0.2, 0) is 6.18 Å². The van der Waals surface area contributed by atoms with Gasteiger partial charge in [-0.05, 0) is 31.2 Å². The zero-order valence-corrected chi connectivity index (χ0v) is 14.8. The molecule has 9 heteroatoms. The van der Waals surface area contributed by atoms with Crippen molar-refractivity contribution in [2.24, 2.45) is 0 Å². The molecule has 1 aromatic carbocycles. The minimum Gasteiger partial charge on any atom is -0.481 e. The Morgan fingerprint density at radius 2 is 1.75 bits per heavy atom. The number of aromatic nitrogens is 1. The number of carbonyl (C=O) groups is 2. The van der Waals surface area contributed by atoms with Gasteiger partial charge >= 0.3 is 6.18 Å². The minimum atomic E-state index is -4.74. The number of hydrogen-bond acceptors (Lipinski definition) is 5. The molecule has 0 radical (unpaired) electrons. The number of hydrogen-bond donors (Lipinski definition) is 1. The highest BCUT2D eigenvalue weighted by molar-refractivity contribution is 6.22. The fraction of sp³-hybridized carbons (Fsp3) is 0.211. The summed E-state index contributed by atoms with van der Waals surface area (Å²) in [5.74, 6) is -1.86. The standard InChI is InChI=1S/C19H15F3N2O4/c1-10(25)15-11(9-14(19(20,21)22)16(23-15)28-2)7-8-24-17(26)12-5-3-4-6-13(12)18(24)27/h3-10,25H,1-2H3. The average Bonchev–Trinajstić information content (AvgIpc) is 2.89. The zero-order chi connectivity index (χ0) is 20.6. The molecule has 2 aromatic rings. The van der Waals surface area contributed by atoms with Crippen LogP contribution in [0.25, 0.3) is 6.08 Å². The van der Waals surface area contributed by atoms with Gasteiger partial charge in [0.15, 0.2) is 0 Å². The lowest BCUT2D eigenvalue weighted by molar-refractivity contribution is -0.139. The van der Waals surface area contributed by atoms with Crippen molar-refractivity contribution in [2.75, 3.05) is 7.11 Å². The Morgan fingerprint density at radius 1 is 1.18 bits per heavy atom. The summed E-state index contributed by atoms with van der Waals surface area (Å²) in [4.78, 5) is 29.3. The fourth-order valence-corrected chi connectivity index (χ4v) is 2.85. The molecule has 0 spiro atoms. The molecule has 2 heterocycles. The number of fused-ring (bicyclic) bond motifs is 1. The Kier molecular flexibility index (Phi) is 4.95. The van der Waals surface area contributed by atoms with Gasteiger partial charge in [-0.15, -0.1) is 0 Å². The maximum Gasteiger partial charge on any atom is 0.421 e. The predicted octanol–water partition coefficient (Wildman–Crippen LogP) is 3.43. The first kappa shape index (κ1) is 19.6. The third kappa shape index (κ3) is 3.36. The van der Waals surface area contributed by atoms with Gasteiger partial charge in [0.25, 0.3) is 11.8 Å². The van der Waals surface area contributed by atoms with E-state index in [4.69, 9.17) is 0 Å². The fourth-order valence-electron chi connectivity index (χ4n) is 2.85. The number of aliphatic hydroxyl groups is 1. The molecule has 1 aliphatic heterocycles. The van der Waals surface area contributed by atoms with Crippen LogP contribution in [-0.4, -0.2) is 33.9 Å². The Labute approximate surface area is 157 Å². The van der Waals surface area contributed by atoms with E-state index < -0.39 is 35.5 Å². The van der Waals surface area contributed by atoms with Gasteiger partial charge in [-0.25, -0.2) is 9.88 Å². The van der Waals surface area contributed by atoms with E-state index in [2.05, 4.69) is 9.72 Å². The number of aliphatic hydroxyl groups excluding tert-OH is 1. The van der Waals surface area contributed by atoms with Gasteiger partial charge in [-0.1, -0.05) is 12.1 Å². The molecule has 0 saturated heterocycles. The van der Waals surface area contributed by atoms with Gasteiger partial charge in [0.2, 0.25) is 5.88 Å². The Morgan fingerprint density at radius 3 is 2.21 bits per heavy atom. The molecule has 28 heavy (non-hydrogen) atoms. The molecule has 1 atom stereocenters. The summed E-state index contributed by atoms with van der Waals surface area (Å²) < 4.78 is 44.5. The van der Waals surface area contributed by atoms with Crippen LogP contribution in [0.5, 0.6) is 5.88 Å². The molecule has 0 aliphatic carbocycles. The van der Waals surface area contributed by atoms with E-state index in [-0.39, 0.29) is 22.4 Å². The van der Waals surface area contributed by atoms with E-state index >= 15 is 0 Å². The molecule has 0 saturated carbocycles. The number of pyridine rings is 1. The van der Waals surface area contributed by atoms with Gasteiger partial charge in [-0.3, -0.25) is 9.59 Å². The second kappa shape index (κ2) is 7.08. The SMILES string of the molecule is COc1nc(C(C)O)c(C=CN2C(=O)c3ccccc3C2=O)cc1C(F)(F)F. The second-order valence-corrected chi connectivity index (χ2v) is 6.04. The monoisotopic (exact) mass is 392 g/mol. The topological polar surface area (TPSA) is 79.7 Å². The number of amides is 2. The molecule has 2 amide bonds. The first-order valence-electron chi connectivity index (χ1n) is 8.14. The highest BCUT2D eigenvalue weighted by atomic mass is 19.4. The highest BCUT2D eigenvalue weighted by Crippen LogP contribution is 2.37. The molecule has 1 aliphatic rings. The number of carbonyl (C=O) groups excluding carboxylic acids is 2. The van der Waals surface area contributed by atoms with E-state index in [9.17, 15) is 27.9 Å². The van der Waals surface area contributed by atoms with Crippen molar-refractivity contribution in [2.45, 2.75) is 19.2 Å². The molecular formula is C19H15F3N2O4. The van der Waals surface area contributed by atoms with Crippen molar-refractivity contribution in [3.8, 4) is 5.88 Å². The van der Waals surface area contributed by atoms with Crippen LogP contribution in [0.1, 0.15) is 50.6 Å². The second-order valence-electron chi connectivity index (χ2n) is 6.04. The van der Waals surface area contributed by atoms with E-state index in [1.54, 1.807) is 12.1 Å². The minimum absolute atomic E-state index is 0.0855. The number of alkyl halides is 3. The van der Waals surface area contributed by atoms with Crippen molar-refractivity contribution in [3.05, 3.63) is 64.5 Å². The normalized spacial score (nSPS) is 15.3. The van der Waals surface area contributed by atoms with Crippen molar-refractivity contribution in [3.63, 3.8) is 0 Å². The molecular weight excluding hydrogens is 377 g/mol. The summed E-state index contributed by atoms with van der Waals surface area (Å²) >= 11 is 0. The number of halogens is 3. The zero-order valence-electron chi connectivity index (χ0n) is 14.8. The summed E-state index contributed by atoms with van der Waals surface area (Å²) in [7, 11) is 1.04. The van der Waals surface area contributed by atoms with Gasteiger partial charge in [0, 0.05) is 11.8 Å². The lowest BCUT2D eigenvalue weighted by Gasteiger charge is -2.16. The van der Waals surface area contributed by atoms with E-state index in [1.165, 1.54) is 19.1 Å². The molecule has 3 rings (SSSR count). The third-order valence-electron chi connectivity index (χ3n) is 4.17. The average molecular weight is 392 g/mol. The number of methoxy groups -OCH3 is 1. The number of benzene rings is 1. The number of ether oxygens (including phenoxy) is 1. The van der Waals surface area contributed by atoms with Crippen LogP contribution in [0.3, 0.4) is 0 Å². The van der Waals surface area contributed by atoms with E-state index in [1.807, 2.05) is 0 Å². The van der Waals surface area contributed by atoms with Gasteiger partial charge < -0.3 is 9.84 Å². The maximum atomic E-state index is 13.3. The van der Waals surface area contributed by atoms with Crippen LogP contribution in [0, 0.1) is 0 Å². The summed E-state index contributed by atoms with van der Waals surface area (Å²) in [5.41, 5.74) is -0.910. The summed E-state index contributed by atoms with van der Waals surface area (Å²) in [6, 6.07) is 6.93. The first-order valence-corrected chi connectivity index (χ1v) is 8.14. The van der Waals surface area contributed by atoms with Crippen LogP contribution < -0.4 is 4.74 Å². The number of imide groups is 1. The van der Waals surface area contributed by atoms with Gasteiger partial charge in [0.05, 0.1) is 30.0 Å². The highest BCUT2D eigenvalue weighted by Gasteiger charge is 2.37. The lowest BCUT2D eigenvalue weighted by atomic mass is 10.1. The van der Waals surface area contributed by atoms with Gasteiger partial charge in [-0.2, -0.15) is 13.2 Å². The van der Waals surface area contributed by atoms with E-state index in [0.29, 0.717) is 0 Å². The summed E-state index contributed by atoms with van der Waals surface area (Å²) in [6.45, 7) is 1.33. The predicted molar refractivity (Wildman–Crippen MR) is 92.4 cm³/mol. The van der Waals surface area contributed by atoms with Crippen LogP contribution in [0.4, 0.5) is 13.2 Å². The quantitative estimate of drug-likeness (QED) is 0.807. The lowest BCUT2D eigenvalue weighted by Crippen LogP contribution is -2.23. The summed E-state index contributed by atoms with van der Waals surface area (Å²) in [6.07, 6.45) is -3.75. The number of nitrogens with zero attached hydrogens (tertiary/aromatic N) is 2. The Hall–Kier alpha value is -3.20. The molecule has 146 valence electrons. The van der Waals surface area contributed by atoms with Crippen molar-refractivity contribution < 1.29 is 32.6 Å². The maximum absolute atomic E-state index is 13.3. The first-order chi connectivity index (χ1) is 13.1. The third-order valence-corrected chi connectivity index (χ3v) is 4.17. The largest absolute Gasteiger partial charge is 0.481 e. The Bertz CT molecular complexity index is 949. The Balaban J connectivity index is 2.04. The van der Waals surface area contributed by atoms with E-state index in [0.717, 1.165) is 30.4 Å². The molecule has 1 aromatic heterocycles. The molecule has 1 unspecified atom stereocenters. The van der Waals surface area contributed by atoms with Crippen molar-refractivity contribution >= 4 is 17.9 Å². The van der Waals surface area contributed by atoms with Crippen LogP contribution >= 0.6 is 0 Å². The molecule has 0 bridgehead atoms. The van der Waals surface area contributed by atoms with Gasteiger partial charge in [0.1, 0.15) is 5.56 Å². The van der Waals surface area contributed by atoms with Crippen molar-refractivity contribution in [1.29, 1.82) is 0 Å². The number of rotatable bonds is 4. The molecule has 0 fully saturated rings. The summed E-state index contributed by atoms with van der Waals surface area (Å²) in [5, 5.41) is 9.88. The molecule has 1 N–H and O–H groups in total.